The van der Waals surface area contributed by atoms with E-state index in [0.717, 1.165) is 29.1 Å². The Morgan fingerprint density at radius 2 is 1.45 bits per heavy atom. The molecule has 0 aromatic heterocycles. The molecule has 1 aliphatic heterocycles. The Labute approximate surface area is 254 Å². The van der Waals surface area contributed by atoms with E-state index in [9.17, 15) is 22.8 Å². The summed E-state index contributed by atoms with van der Waals surface area (Å²) < 4.78 is 45.1. The van der Waals surface area contributed by atoms with Crippen LogP contribution in [0.3, 0.4) is 0 Å². The molecule has 10 heteroatoms. The predicted octanol–water partition coefficient (Wildman–Crippen LogP) is 6.27. The molecule has 4 aromatic rings. The summed E-state index contributed by atoms with van der Waals surface area (Å²) in [7, 11) is 1.64. The Hall–Kier alpha value is -4.99. The Morgan fingerprint density at radius 3 is 2.16 bits per heavy atom. The molecule has 1 saturated heterocycles. The molecule has 0 bridgehead atoms. The van der Waals surface area contributed by atoms with Crippen LogP contribution in [-0.4, -0.2) is 51.6 Å². The number of amides is 2. The number of hydrogen-bond donors (Lipinski definition) is 2. The average molecular weight is 603 g/mol. The van der Waals surface area contributed by atoms with E-state index in [1.165, 1.54) is 12.1 Å². The maximum Gasteiger partial charge on any atom is 0.416 e. The zero-order valence-corrected chi connectivity index (χ0v) is 24.2. The van der Waals surface area contributed by atoms with Gasteiger partial charge in [0.15, 0.2) is 0 Å². The van der Waals surface area contributed by atoms with Crippen molar-refractivity contribution in [2.24, 2.45) is 0 Å². The van der Waals surface area contributed by atoms with Gasteiger partial charge in [-0.05, 0) is 60.5 Å². The molecule has 0 unspecified atom stereocenters. The summed E-state index contributed by atoms with van der Waals surface area (Å²) >= 11 is 0. The van der Waals surface area contributed by atoms with Gasteiger partial charge in [-0.25, -0.2) is 0 Å². The molecule has 0 atom stereocenters. The maximum absolute atomic E-state index is 13.5. The third-order valence-corrected chi connectivity index (χ3v) is 7.54. The fraction of sp³-hybridized carbons (Fsp3) is 0.235. The number of halogens is 3. The second-order valence-corrected chi connectivity index (χ2v) is 10.4. The second kappa shape index (κ2) is 13.5. The summed E-state index contributed by atoms with van der Waals surface area (Å²) in [5, 5.41) is 5.64. The van der Waals surface area contributed by atoms with Crippen molar-refractivity contribution < 1.29 is 27.5 Å². The molecule has 0 radical (unpaired) electrons. The van der Waals surface area contributed by atoms with Crippen LogP contribution in [0, 0.1) is 0 Å². The summed E-state index contributed by atoms with van der Waals surface area (Å²) in [5.74, 6) is -0.219. The van der Waals surface area contributed by atoms with Crippen LogP contribution < -0.4 is 25.2 Å². The molecule has 44 heavy (non-hydrogen) atoms. The van der Waals surface area contributed by atoms with E-state index in [1.807, 2.05) is 54.6 Å². The normalized spacial score (nSPS) is 13.4. The minimum Gasteiger partial charge on any atom is -0.495 e. The molecule has 1 heterocycles. The molecular weight excluding hydrogens is 569 g/mol. The fourth-order valence-corrected chi connectivity index (χ4v) is 5.25. The molecule has 4 aromatic carbocycles. The summed E-state index contributed by atoms with van der Waals surface area (Å²) in [6, 6.07) is 26.9. The van der Waals surface area contributed by atoms with E-state index >= 15 is 0 Å². The molecule has 228 valence electrons. The van der Waals surface area contributed by atoms with Crippen LogP contribution in [0.4, 0.5) is 30.2 Å². The van der Waals surface area contributed by atoms with Gasteiger partial charge in [0.25, 0.3) is 11.8 Å². The highest BCUT2D eigenvalue weighted by Gasteiger charge is 2.31. The molecule has 1 fully saturated rings. The van der Waals surface area contributed by atoms with Gasteiger partial charge in [0.05, 0.1) is 23.9 Å². The van der Waals surface area contributed by atoms with Crippen LogP contribution in [0.25, 0.3) is 0 Å². The molecule has 0 spiro atoms. The van der Waals surface area contributed by atoms with Crippen molar-refractivity contribution in [3.63, 3.8) is 0 Å². The number of rotatable bonds is 9. The number of alkyl halides is 3. The molecule has 0 aliphatic carbocycles. The van der Waals surface area contributed by atoms with Crippen molar-refractivity contribution in [2.45, 2.75) is 12.6 Å². The van der Waals surface area contributed by atoms with Crippen LogP contribution in [-0.2, 0) is 12.6 Å². The van der Waals surface area contributed by atoms with Crippen molar-refractivity contribution >= 4 is 28.9 Å². The maximum atomic E-state index is 13.5. The number of carbonyl (C=O) groups excluding carboxylic acids is 2. The third-order valence-electron chi connectivity index (χ3n) is 7.54. The van der Waals surface area contributed by atoms with Gasteiger partial charge < -0.3 is 25.2 Å². The second-order valence-electron chi connectivity index (χ2n) is 10.4. The number of nitrogens with one attached hydrogen (secondary N) is 2. The Morgan fingerprint density at radius 1 is 0.773 bits per heavy atom. The smallest absolute Gasteiger partial charge is 0.416 e. The van der Waals surface area contributed by atoms with Crippen molar-refractivity contribution in [1.29, 1.82) is 0 Å². The molecule has 2 N–H and O–H groups in total. The fourth-order valence-electron chi connectivity index (χ4n) is 5.25. The zero-order valence-electron chi connectivity index (χ0n) is 24.2. The van der Waals surface area contributed by atoms with Gasteiger partial charge in [-0.3, -0.25) is 9.59 Å². The van der Waals surface area contributed by atoms with Gasteiger partial charge >= 0.3 is 6.18 Å². The van der Waals surface area contributed by atoms with Crippen molar-refractivity contribution in [3.05, 3.63) is 119 Å². The van der Waals surface area contributed by atoms with Crippen LogP contribution in [0.5, 0.6) is 5.75 Å². The average Bonchev–Trinajstić information content (AvgIpc) is 3.05. The first kappa shape index (κ1) is 30.5. The van der Waals surface area contributed by atoms with Gasteiger partial charge in [0.1, 0.15) is 5.75 Å². The van der Waals surface area contributed by atoms with Crippen LogP contribution in [0.1, 0.15) is 31.8 Å². The van der Waals surface area contributed by atoms with Crippen LogP contribution in [0.15, 0.2) is 97.1 Å². The SMILES string of the molecule is COc1ccccc1N1CCN(c2ccc(NC(=O)c3cccc(C(F)(F)F)c3)cc2C(=O)NCCc2ccccc2)CC1. The van der Waals surface area contributed by atoms with Gasteiger partial charge in [-0.2, -0.15) is 13.2 Å². The first-order valence-electron chi connectivity index (χ1n) is 14.3. The monoisotopic (exact) mass is 602 g/mol. The quantitative estimate of drug-likeness (QED) is 0.237. The number of piperazine rings is 1. The number of para-hydroxylation sites is 2. The lowest BCUT2D eigenvalue weighted by molar-refractivity contribution is -0.137. The predicted molar refractivity (Wildman–Crippen MR) is 166 cm³/mol. The van der Waals surface area contributed by atoms with Gasteiger partial charge in [-0.1, -0.05) is 48.5 Å². The minimum atomic E-state index is -4.57. The Kier molecular flexibility index (Phi) is 9.38. The molecular formula is C34H33F3N4O3. The van der Waals surface area contributed by atoms with E-state index < -0.39 is 17.6 Å². The highest BCUT2D eigenvalue weighted by molar-refractivity contribution is 6.06. The van der Waals surface area contributed by atoms with Gasteiger partial charge in [0, 0.05) is 49.7 Å². The van der Waals surface area contributed by atoms with E-state index in [0.29, 0.717) is 56.1 Å². The first-order valence-corrected chi connectivity index (χ1v) is 14.3. The third kappa shape index (κ3) is 7.31. The Bertz CT molecular complexity index is 1600. The number of hydrogen-bond acceptors (Lipinski definition) is 5. The summed E-state index contributed by atoms with van der Waals surface area (Å²) in [6.45, 7) is 3.08. The number of methoxy groups -OCH3 is 1. The van der Waals surface area contributed by atoms with Crippen molar-refractivity contribution in [3.8, 4) is 5.75 Å². The Balaban J connectivity index is 1.35. The largest absolute Gasteiger partial charge is 0.495 e. The summed E-state index contributed by atoms with van der Waals surface area (Å²) in [6.07, 6.45) is -3.93. The van der Waals surface area contributed by atoms with Crippen molar-refractivity contribution in [2.75, 3.05) is 55.0 Å². The summed E-state index contributed by atoms with van der Waals surface area (Å²) in [5.41, 5.74) is 2.42. The molecule has 2 amide bonds. The lowest BCUT2D eigenvalue weighted by atomic mass is 10.1. The van der Waals surface area contributed by atoms with Gasteiger partial charge in [-0.15, -0.1) is 0 Å². The van der Waals surface area contributed by atoms with Crippen LogP contribution in [0.2, 0.25) is 0 Å². The van der Waals surface area contributed by atoms with Crippen molar-refractivity contribution in [1.82, 2.24) is 5.32 Å². The van der Waals surface area contributed by atoms with E-state index in [1.54, 1.807) is 25.3 Å². The number of benzene rings is 4. The first-order chi connectivity index (χ1) is 21.2. The molecule has 0 saturated carbocycles. The van der Waals surface area contributed by atoms with Crippen LogP contribution >= 0.6 is 0 Å². The minimum absolute atomic E-state index is 0.134. The van der Waals surface area contributed by atoms with E-state index in [2.05, 4.69) is 20.4 Å². The number of anilines is 3. The molecule has 5 rings (SSSR count). The lowest BCUT2D eigenvalue weighted by Crippen LogP contribution is -2.47. The molecule has 1 aliphatic rings. The molecule has 7 nitrogen and oxygen atoms in total. The number of nitrogens with zero attached hydrogens (tertiary/aromatic N) is 2. The zero-order chi connectivity index (χ0) is 31.1. The summed E-state index contributed by atoms with van der Waals surface area (Å²) in [4.78, 5) is 30.8. The van der Waals surface area contributed by atoms with E-state index in [4.69, 9.17) is 4.74 Å². The number of carbonyl (C=O) groups is 2. The number of ether oxygens (including phenoxy) is 1. The topological polar surface area (TPSA) is 73.9 Å². The van der Waals surface area contributed by atoms with E-state index in [-0.39, 0.29) is 11.5 Å². The standard InChI is InChI=1S/C34H33F3N4O3/c1-44-31-13-6-5-12-30(31)41-20-18-40(19-21-41)29-15-14-27(39-32(42)25-10-7-11-26(22-25)34(35,36)37)23-28(29)33(43)38-17-16-24-8-3-2-4-9-24/h2-15,22-23H,16-21H2,1H3,(H,38,43)(H,39,42). The highest BCUT2D eigenvalue weighted by Crippen LogP contribution is 2.32. The van der Waals surface area contributed by atoms with Gasteiger partial charge in [0.2, 0.25) is 0 Å². The lowest BCUT2D eigenvalue weighted by Gasteiger charge is -2.38. The highest BCUT2D eigenvalue weighted by atomic mass is 19.4.